The van der Waals surface area contributed by atoms with Gasteiger partial charge in [0.2, 0.25) is 5.91 Å². The molecule has 0 radical (unpaired) electrons. The van der Waals surface area contributed by atoms with Crippen LogP contribution in [-0.2, 0) is 20.7 Å². The molecule has 0 spiro atoms. The molecule has 5 rings (SSSR count). The molecule has 8 nitrogen and oxygen atoms in total. The summed E-state index contributed by atoms with van der Waals surface area (Å²) in [6, 6.07) is 6.20. The maximum Gasteiger partial charge on any atom is 0.352 e. The van der Waals surface area contributed by atoms with Crippen molar-refractivity contribution < 1.29 is 28.6 Å². The number of carboxylic acids is 1. The molecule has 3 aliphatic rings. The smallest absolute Gasteiger partial charge is 0.352 e. The number of likely N-dealkylation sites (tertiary alicyclic amines) is 1. The molecule has 4 N–H and O–H groups in total. The average Bonchev–Trinajstić information content (AvgIpc) is 3.61. The Labute approximate surface area is 234 Å². The van der Waals surface area contributed by atoms with Crippen molar-refractivity contribution in [3.05, 3.63) is 35.5 Å². The van der Waals surface area contributed by atoms with Crippen LogP contribution in [0.1, 0.15) is 73.8 Å². The molecular formula is C31H42FN3O5. The van der Waals surface area contributed by atoms with Crippen LogP contribution in [0, 0.1) is 23.7 Å². The third-order valence-corrected chi connectivity index (χ3v) is 9.91. The standard InChI is InChI=1S/C31H42FN3O5/c1-40-23-9-7-19(8-10-23)24-12-13-35(30(37)21-5-3-20(4-6-21)25(33)17-32)29(24)28(36)15-18-2-11-26-22(14-18)16-27(34-26)31(38)39/h2,11,14,16,19-21,23-25,29,34H,3-10,12-13,15,17,33H2,1H3,(H,38,39)/t19?,20?,21?,23?,24-,25-,29-/m1/s1. The normalized spacial score (nSPS) is 29.9. The van der Waals surface area contributed by atoms with Gasteiger partial charge in [0.1, 0.15) is 12.4 Å². The van der Waals surface area contributed by atoms with Crippen LogP contribution < -0.4 is 5.73 Å². The predicted octanol–water partition coefficient (Wildman–Crippen LogP) is 4.50. The van der Waals surface area contributed by atoms with Crippen LogP contribution in [0.15, 0.2) is 24.3 Å². The van der Waals surface area contributed by atoms with E-state index in [0.29, 0.717) is 30.8 Å². The van der Waals surface area contributed by atoms with Gasteiger partial charge in [0.15, 0.2) is 5.78 Å². The van der Waals surface area contributed by atoms with Crippen molar-refractivity contribution in [3.63, 3.8) is 0 Å². The van der Waals surface area contributed by atoms with Gasteiger partial charge in [-0.25, -0.2) is 9.18 Å². The summed E-state index contributed by atoms with van der Waals surface area (Å²) in [5, 5.41) is 10.1. The summed E-state index contributed by atoms with van der Waals surface area (Å²) >= 11 is 0. The third-order valence-electron chi connectivity index (χ3n) is 9.91. The number of benzene rings is 1. The summed E-state index contributed by atoms with van der Waals surface area (Å²) in [4.78, 5) is 44.0. The second-order valence-corrected chi connectivity index (χ2v) is 12.2. The minimum absolute atomic E-state index is 0.0474. The number of ether oxygens (including phenoxy) is 1. The van der Waals surface area contributed by atoms with Crippen molar-refractivity contribution in [1.82, 2.24) is 9.88 Å². The van der Waals surface area contributed by atoms with Crippen molar-refractivity contribution >= 4 is 28.6 Å². The topological polar surface area (TPSA) is 126 Å². The van der Waals surface area contributed by atoms with Crippen molar-refractivity contribution in [2.45, 2.75) is 82.4 Å². The summed E-state index contributed by atoms with van der Waals surface area (Å²) in [5.74, 6) is -0.453. The van der Waals surface area contributed by atoms with Crippen molar-refractivity contribution in [3.8, 4) is 0 Å². The maximum atomic E-state index is 14.0. The fraction of sp³-hybridized carbons (Fsp3) is 0.645. The highest BCUT2D eigenvalue weighted by Crippen LogP contribution is 2.42. The Kier molecular flexibility index (Phi) is 8.90. The summed E-state index contributed by atoms with van der Waals surface area (Å²) in [6.07, 6.45) is 8.08. The minimum Gasteiger partial charge on any atom is -0.477 e. The Morgan fingerprint density at radius 1 is 1.07 bits per heavy atom. The molecule has 3 atom stereocenters. The zero-order valence-electron chi connectivity index (χ0n) is 23.3. The number of aromatic amines is 1. The quantitative estimate of drug-likeness (QED) is 0.418. The first-order valence-electron chi connectivity index (χ1n) is 14.8. The van der Waals surface area contributed by atoms with Crippen LogP contribution in [0.4, 0.5) is 4.39 Å². The lowest BCUT2D eigenvalue weighted by Crippen LogP contribution is -2.48. The molecule has 1 aromatic heterocycles. The summed E-state index contributed by atoms with van der Waals surface area (Å²) in [7, 11) is 1.75. The van der Waals surface area contributed by atoms with Crippen LogP contribution in [0.5, 0.6) is 0 Å². The van der Waals surface area contributed by atoms with Crippen molar-refractivity contribution in [2.75, 3.05) is 20.3 Å². The summed E-state index contributed by atoms with van der Waals surface area (Å²) in [5.41, 5.74) is 7.58. The van der Waals surface area contributed by atoms with E-state index in [9.17, 15) is 23.9 Å². The Morgan fingerprint density at radius 3 is 2.45 bits per heavy atom. The van der Waals surface area contributed by atoms with E-state index in [1.165, 1.54) is 0 Å². The lowest BCUT2D eigenvalue weighted by molar-refractivity contribution is -0.143. The molecule has 1 saturated heterocycles. The van der Waals surface area contributed by atoms with E-state index in [1.807, 2.05) is 23.1 Å². The molecule has 218 valence electrons. The van der Waals surface area contributed by atoms with Gasteiger partial charge in [-0.3, -0.25) is 9.59 Å². The van der Waals surface area contributed by atoms with Gasteiger partial charge in [0.25, 0.3) is 0 Å². The number of nitrogens with two attached hydrogens (primary N) is 1. The highest BCUT2D eigenvalue weighted by atomic mass is 19.1. The van der Waals surface area contributed by atoms with Crippen LogP contribution in [0.2, 0.25) is 0 Å². The lowest BCUT2D eigenvalue weighted by Gasteiger charge is -2.37. The number of rotatable bonds is 9. The first-order chi connectivity index (χ1) is 19.3. The van der Waals surface area contributed by atoms with Crippen LogP contribution in [-0.4, -0.2) is 71.2 Å². The number of fused-ring (bicyclic) bond motifs is 1. The fourth-order valence-electron chi connectivity index (χ4n) is 7.59. The number of nitrogens with one attached hydrogen (secondary N) is 1. The maximum absolute atomic E-state index is 14.0. The molecule has 40 heavy (non-hydrogen) atoms. The van der Waals surface area contributed by atoms with E-state index in [1.54, 1.807) is 13.2 Å². The highest BCUT2D eigenvalue weighted by Gasteiger charge is 2.47. The molecule has 1 aromatic carbocycles. The predicted molar refractivity (Wildman–Crippen MR) is 150 cm³/mol. The number of carboxylic acid groups (broad SMARTS) is 1. The number of amides is 1. The third kappa shape index (κ3) is 5.96. The number of halogens is 1. The molecule has 0 bridgehead atoms. The van der Waals surface area contributed by atoms with E-state index in [-0.39, 0.29) is 47.7 Å². The Morgan fingerprint density at radius 2 is 1.80 bits per heavy atom. The number of ketones is 1. The zero-order valence-corrected chi connectivity index (χ0v) is 23.3. The number of aromatic nitrogens is 1. The van der Waals surface area contributed by atoms with Gasteiger partial charge >= 0.3 is 5.97 Å². The number of nitrogens with zero attached hydrogens (tertiary/aromatic N) is 1. The Balaban J connectivity index is 1.34. The van der Waals surface area contributed by atoms with Gasteiger partial charge in [0, 0.05) is 42.9 Å². The SMILES string of the molecule is COC1CCC([C@H]2CCN(C(=O)C3CCC([C@H](N)CF)CC3)[C@H]2C(=O)Cc2ccc3[nH]c(C(=O)O)cc3c2)CC1. The van der Waals surface area contributed by atoms with Gasteiger partial charge in [-0.2, -0.15) is 0 Å². The van der Waals surface area contributed by atoms with Gasteiger partial charge in [-0.15, -0.1) is 0 Å². The Bertz CT molecular complexity index is 1210. The van der Waals surface area contributed by atoms with Crippen LogP contribution in [0.3, 0.4) is 0 Å². The fourth-order valence-corrected chi connectivity index (χ4v) is 7.59. The number of hydrogen-bond acceptors (Lipinski definition) is 5. The number of H-pyrrole nitrogens is 1. The van der Waals surface area contributed by atoms with Gasteiger partial charge in [-0.05, 0) is 99.3 Å². The number of carbonyl (C=O) groups excluding carboxylic acids is 2. The van der Waals surface area contributed by atoms with Crippen LogP contribution in [0.25, 0.3) is 10.9 Å². The van der Waals surface area contributed by atoms with E-state index >= 15 is 0 Å². The molecule has 2 aromatic rings. The number of carbonyl (C=O) groups is 3. The second-order valence-electron chi connectivity index (χ2n) is 12.2. The molecule has 3 fully saturated rings. The number of aromatic carboxylic acids is 1. The minimum atomic E-state index is -1.03. The largest absolute Gasteiger partial charge is 0.477 e. The summed E-state index contributed by atoms with van der Waals surface area (Å²) in [6.45, 7) is 0.0536. The average molecular weight is 556 g/mol. The lowest BCUT2D eigenvalue weighted by atomic mass is 9.74. The van der Waals surface area contributed by atoms with E-state index in [2.05, 4.69) is 4.98 Å². The molecule has 1 aliphatic heterocycles. The molecule has 1 amide bonds. The number of methoxy groups -OCH3 is 1. The molecule has 0 unspecified atom stereocenters. The molecular weight excluding hydrogens is 513 g/mol. The molecule has 2 heterocycles. The second kappa shape index (κ2) is 12.4. The first kappa shape index (κ1) is 28.7. The van der Waals surface area contributed by atoms with E-state index < -0.39 is 24.7 Å². The van der Waals surface area contributed by atoms with Gasteiger partial charge < -0.3 is 25.5 Å². The summed E-state index contributed by atoms with van der Waals surface area (Å²) < 4.78 is 18.7. The first-order valence-corrected chi connectivity index (χ1v) is 14.8. The van der Waals surface area contributed by atoms with Crippen molar-refractivity contribution in [2.24, 2.45) is 29.4 Å². The number of Topliss-reactive ketones (excluding diaryl/α,β-unsaturated/α-hetero) is 1. The number of hydrogen-bond donors (Lipinski definition) is 3. The van der Waals surface area contributed by atoms with Crippen molar-refractivity contribution in [1.29, 1.82) is 0 Å². The number of alkyl halides is 1. The van der Waals surface area contributed by atoms with Gasteiger partial charge in [0.05, 0.1) is 12.1 Å². The van der Waals surface area contributed by atoms with Gasteiger partial charge in [-0.1, -0.05) is 6.07 Å². The van der Waals surface area contributed by atoms with E-state index in [0.717, 1.165) is 55.9 Å². The highest BCUT2D eigenvalue weighted by molar-refractivity contribution is 5.95. The van der Waals surface area contributed by atoms with Crippen LogP contribution >= 0.6 is 0 Å². The Hall–Kier alpha value is -2.78. The molecule has 2 saturated carbocycles. The molecule has 9 heteroatoms. The zero-order chi connectivity index (χ0) is 28.4. The molecule has 2 aliphatic carbocycles. The monoisotopic (exact) mass is 555 g/mol. The van der Waals surface area contributed by atoms with E-state index in [4.69, 9.17) is 10.5 Å².